The summed E-state index contributed by atoms with van der Waals surface area (Å²) in [5.41, 5.74) is 15.5. The van der Waals surface area contributed by atoms with Crippen LogP contribution in [-0.4, -0.2) is 0 Å². The molecule has 0 spiro atoms. The minimum absolute atomic E-state index is 0.461. The predicted octanol–water partition coefficient (Wildman–Crippen LogP) is 13.4. The van der Waals surface area contributed by atoms with E-state index in [2.05, 4.69) is 229 Å². The van der Waals surface area contributed by atoms with Gasteiger partial charge >= 0.3 is 0 Å². The maximum Gasteiger partial charge on any atom is 0.0720 e. The molecule has 55 heavy (non-hydrogen) atoms. The predicted molar refractivity (Wildman–Crippen MR) is 228 cm³/mol. The highest BCUT2D eigenvalue weighted by molar-refractivity contribution is 5.99. The van der Waals surface area contributed by atoms with Crippen LogP contribution in [0.25, 0.3) is 21.9 Å². The standard InChI is InChI=1S/C54H37N/c1-4-20-39(21-5-1)53(41-34-36-43(37-35-41)55(42-24-8-3-9-25-42)51-33-16-19-38-18-10-11-26-44(38)51)48-30-14-15-31-49(48)54(40-22-6-2-7-23-40)47-29-13-12-27-45(47)46-28-17-32-50(53)52(46)54/h1-37H. The van der Waals surface area contributed by atoms with E-state index in [4.69, 9.17) is 0 Å². The molecule has 2 atom stereocenters. The van der Waals surface area contributed by atoms with Crippen LogP contribution in [0.2, 0.25) is 0 Å². The normalized spacial score (nSPS) is 17.6. The molecule has 2 unspecified atom stereocenters. The fourth-order valence-corrected chi connectivity index (χ4v) is 10.1. The van der Waals surface area contributed by atoms with Crippen molar-refractivity contribution in [2.75, 3.05) is 4.90 Å². The van der Waals surface area contributed by atoms with Gasteiger partial charge < -0.3 is 4.90 Å². The van der Waals surface area contributed by atoms with Crippen LogP contribution in [-0.2, 0) is 10.8 Å². The number of nitrogens with zero attached hydrogens (tertiary/aromatic N) is 1. The molecule has 9 aromatic carbocycles. The molecular formula is C54H37N. The van der Waals surface area contributed by atoms with Crippen LogP contribution in [0.5, 0.6) is 0 Å². The van der Waals surface area contributed by atoms with Gasteiger partial charge in [-0.25, -0.2) is 0 Å². The summed E-state index contributed by atoms with van der Waals surface area (Å²) < 4.78 is 0. The van der Waals surface area contributed by atoms with Crippen molar-refractivity contribution in [1.82, 2.24) is 0 Å². The van der Waals surface area contributed by atoms with Crippen LogP contribution >= 0.6 is 0 Å². The molecule has 2 aliphatic rings. The minimum Gasteiger partial charge on any atom is -0.310 e. The lowest BCUT2D eigenvalue weighted by Crippen LogP contribution is -2.44. The second kappa shape index (κ2) is 12.3. The Kier molecular flexibility index (Phi) is 7.06. The Morgan fingerprint density at radius 3 is 1.49 bits per heavy atom. The summed E-state index contributed by atoms with van der Waals surface area (Å²) in [7, 11) is 0. The molecule has 0 aromatic heterocycles. The number of anilines is 3. The Bertz CT molecular complexity index is 2860. The Hall–Kier alpha value is -6.96. The van der Waals surface area contributed by atoms with Crippen LogP contribution < -0.4 is 4.90 Å². The summed E-state index contributed by atoms with van der Waals surface area (Å²) in [4.78, 5) is 2.40. The maximum atomic E-state index is 2.41. The highest BCUT2D eigenvalue weighted by Gasteiger charge is 2.57. The summed E-state index contributed by atoms with van der Waals surface area (Å²) in [6, 6.07) is 83.2. The minimum atomic E-state index is -0.584. The Labute approximate surface area is 322 Å². The van der Waals surface area contributed by atoms with E-state index < -0.39 is 10.8 Å². The van der Waals surface area contributed by atoms with Crippen molar-refractivity contribution >= 4 is 27.8 Å². The lowest BCUT2D eigenvalue weighted by atomic mass is 9.52. The molecule has 0 bridgehead atoms. The molecule has 0 saturated heterocycles. The molecule has 0 saturated carbocycles. The van der Waals surface area contributed by atoms with Crippen molar-refractivity contribution in [3.63, 3.8) is 0 Å². The number of benzene rings is 9. The highest BCUT2D eigenvalue weighted by Crippen LogP contribution is 2.65. The Morgan fingerprint density at radius 2 is 0.764 bits per heavy atom. The molecule has 258 valence electrons. The average Bonchev–Trinajstić information content (AvgIpc) is 3.58. The third kappa shape index (κ3) is 4.35. The molecular weight excluding hydrogens is 663 g/mol. The molecule has 0 N–H and O–H groups in total. The lowest BCUT2D eigenvalue weighted by molar-refractivity contribution is 0.626. The van der Waals surface area contributed by atoms with Gasteiger partial charge in [-0.2, -0.15) is 0 Å². The monoisotopic (exact) mass is 699 g/mol. The summed E-state index contributed by atoms with van der Waals surface area (Å²) in [6.07, 6.45) is 0. The van der Waals surface area contributed by atoms with Gasteiger partial charge in [0.25, 0.3) is 0 Å². The molecule has 0 fully saturated rings. The number of hydrogen-bond donors (Lipinski definition) is 0. The third-order valence-corrected chi connectivity index (χ3v) is 12.2. The molecule has 0 heterocycles. The van der Waals surface area contributed by atoms with Crippen molar-refractivity contribution < 1.29 is 0 Å². The van der Waals surface area contributed by atoms with Gasteiger partial charge in [0.05, 0.1) is 16.5 Å². The van der Waals surface area contributed by atoms with Crippen LogP contribution in [0.3, 0.4) is 0 Å². The van der Waals surface area contributed by atoms with E-state index in [1.54, 1.807) is 0 Å². The lowest BCUT2D eigenvalue weighted by Gasteiger charge is -2.49. The SMILES string of the molecule is c1ccc(N(c2ccc(C3(c4ccccc4)c4ccccc4C4(c5ccccc5)c5ccccc5-c5cccc3c54)cc2)c2cccc3ccccc23)cc1. The van der Waals surface area contributed by atoms with E-state index in [0.717, 1.165) is 17.1 Å². The average molecular weight is 700 g/mol. The van der Waals surface area contributed by atoms with Gasteiger partial charge in [-0.15, -0.1) is 0 Å². The molecule has 0 amide bonds. The first-order valence-electron chi connectivity index (χ1n) is 19.2. The van der Waals surface area contributed by atoms with Crippen LogP contribution in [0, 0.1) is 0 Å². The van der Waals surface area contributed by atoms with E-state index in [9.17, 15) is 0 Å². The number of fused-ring (bicyclic) bond motifs is 6. The smallest absolute Gasteiger partial charge is 0.0720 e. The van der Waals surface area contributed by atoms with Crippen LogP contribution in [0.15, 0.2) is 224 Å². The zero-order valence-electron chi connectivity index (χ0n) is 30.3. The fourth-order valence-electron chi connectivity index (χ4n) is 10.1. The second-order valence-electron chi connectivity index (χ2n) is 14.8. The van der Waals surface area contributed by atoms with Crippen molar-refractivity contribution in [2.45, 2.75) is 10.8 Å². The molecule has 0 aliphatic heterocycles. The van der Waals surface area contributed by atoms with E-state index >= 15 is 0 Å². The van der Waals surface area contributed by atoms with Crippen LogP contribution in [0.1, 0.15) is 44.5 Å². The van der Waals surface area contributed by atoms with Gasteiger partial charge in [0.2, 0.25) is 0 Å². The Balaban J connectivity index is 1.21. The fraction of sp³-hybridized carbons (Fsp3) is 0.0370. The van der Waals surface area contributed by atoms with E-state index in [-0.39, 0.29) is 0 Å². The zero-order chi connectivity index (χ0) is 36.4. The van der Waals surface area contributed by atoms with Gasteiger partial charge in [0.1, 0.15) is 0 Å². The summed E-state index contributed by atoms with van der Waals surface area (Å²) in [5, 5.41) is 2.44. The number of hydrogen-bond acceptors (Lipinski definition) is 1. The van der Waals surface area contributed by atoms with Gasteiger partial charge in [-0.05, 0) is 91.4 Å². The first-order chi connectivity index (χ1) is 27.3. The molecule has 1 nitrogen and oxygen atoms in total. The molecule has 11 rings (SSSR count). The van der Waals surface area contributed by atoms with Gasteiger partial charge in [-0.1, -0.05) is 194 Å². The molecule has 0 radical (unpaired) electrons. The topological polar surface area (TPSA) is 3.24 Å². The highest BCUT2D eigenvalue weighted by atomic mass is 15.1. The molecule has 1 heteroatoms. The van der Waals surface area contributed by atoms with Crippen LogP contribution in [0.4, 0.5) is 17.1 Å². The zero-order valence-corrected chi connectivity index (χ0v) is 30.3. The van der Waals surface area contributed by atoms with Gasteiger partial charge in [0.15, 0.2) is 0 Å². The first kappa shape index (κ1) is 31.6. The Morgan fingerprint density at radius 1 is 0.291 bits per heavy atom. The summed E-state index contributed by atoms with van der Waals surface area (Å²) in [6.45, 7) is 0. The molecule has 2 aliphatic carbocycles. The third-order valence-electron chi connectivity index (χ3n) is 12.2. The van der Waals surface area contributed by atoms with Gasteiger partial charge in [-0.3, -0.25) is 0 Å². The summed E-state index contributed by atoms with van der Waals surface area (Å²) >= 11 is 0. The van der Waals surface area contributed by atoms with Gasteiger partial charge in [0, 0.05) is 16.8 Å². The largest absolute Gasteiger partial charge is 0.310 e. The van der Waals surface area contributed by atoms with E-state index in [1.165, 1.54) is 66.4 Å². The number of para-hydroxylation sites is 1. The van der Waals surface area contributed by atoms with E-state index in [1.807, 2.05) is 0 Å². The van der Waals surface area contributed by atoms with E-state index in [0.29, 0.717) is 0 Å². The van der Waals surface area contributed by atoms with Crippen molar-refractivity contribution in [1.29, 1.82) is 0 Å². The number of rotatable bonds is 6. The van der Waals surface area contributed by atoms with Crippen molar-refractivity contribution in [3.05, 3.63) is 269 Å². The quantitative estimate of drug-likeness (QED) is 0.167. The summed E-state index contributed by atoms with van der Waals surface area (Å²) in [5.74, 6) is 0. The maximum absolute atomic E-state index is 2.41. The van der Waals surface area contributed by atoms with Crippen molar-refractivity contribution in [3.8, 4) is 11.1 Å². The first-order valence-corrected chi connectivity index (χ1v) is 19.2. The molecule has 9 aromatic rings. The second-order valence-corrected chi connectivity index (χ2v) is 14.8. The van der Waals surface area contributed by atoms with Crippen molar-refractivity contribution in [2.24, 2.45) is 0 Å².